The molecule has 0 aliphatic carbocycles. The molecule has 3 nitrogen and oxygen atoms in total. The van der Waals surface area contributed by atoms with Gasteiger partial charge in [-0.05, 0) is 25.5 Å². The molecule has 0 radical (unpaired) electrons. The highest BCUT2D eigenvalue weighted by molar-refractivity contribution is 5.76. The summed E-state index contributed by atoms with van der Waals surface area (Å²) in [5, 5.41) is 0. The molecule has 0 amide bonds. The fourth-order valence-electron chi connectivity index (χ4n) is 1.17. The summed E-state index contributed by atoms with van der Waals surface area (Å²) in [7, 11) is 0. The van der Waals surface area contributed by atoms with Gasteiger partial charge in [0.1, 0.15) is 11.8 Å². The van der Waals surface area contributed by atoms with Crippen molar-refractivity contribution in [1.29, 1.82) is 0 Å². The molecule has 0 saturated carbocycles. The summed E-state index contributed by atoms with van der Waals surface area (Å²) in [4.78, 5) is 12.4. The minimum atomic E-state index is 0.892. The van der Waals surface area contributed by atoms with Crippen molar-refractivity contribution in [2.75, 3.05) is 0 Å². The average Bonchev–Trinajstić information content (AvgIpc) is 2.21. The van der Waals surface area contributed by atoms with E-state index in [0.717, 1.165) is 22.3 Å². The van der Waals surface area contributed by atoms with Gasteiger partial charge in [0, 0.05) is 6.20 Å². The van der Waals surface area contributed by atoms with Gasteiger partial charge in [0.05, 0.1) is 11.2 Å². The van der Waals surface area contributed by atoms with Crippen LogP contribution in [0.15, 0.2) is 18.6 Å². The monoisotopic (exact) mass is 189 g/mol. The zero-order chi connectivity index (χ0) is 10.6. The Labute approximate surface area is 84.2 Å². The highest BCUT2D eigenvalue weighted by Gasteiger charge is 1.99. The van der Waals surface area contributed by atoms with E-state index < -0.39 is 0 Å². The number of pyridine rings is 1. The molecular weight excluding hydrogens is 174 g/mol. The van der Waals surface area contributed by atoms with Crippen molar-refractivity contribution in [3.63, 3.8) is 0 Å². The third-order valence-corrected chi connectivity index (χ3v) is 1.80. The van der Waals surface area contributed by atoms with E-state index in [9.17, 15) is 0 Å². The quantitative estimate of drug-likeness (QED) is 0.639. The number of hydrogen-bond donors (Lipinski definition) is 0. The number of aromatic nitrogens is 3. The van der Waals surface area contributed by atoms with E-state index in [1.807, 2.05) is 40.0 Å². The fraction of sp³-hybridized carbons (Fsp3) is 0.364. The summed E-state index contributed by atoms with van der Waals surface area (Å²) >= 11 is 0. The minimum Gasteiger partial charge on any atom is -0.252 e. The molecule has 3 heteroatoms. The third kappa shape index (κ3) is 2.05. The molecule has 0 atom stereocenters. The van der Waals surface area contributed by atoms with E-state index >= 15 is 0 Å². The lowest BCUT2D eigenvalue weighted by molar-refractivity contribution is 1.12. The normalized spacial score (nSPS) is 9.43. The van der Waals surface area contributed by atoms with Gasteiger partial charge in [-0.15, -0.1) is 0 Å². The minimum absolute atomic E-state index is 0.892. The van der Waals surface area contributed by atoms with Gasteiger partial charge >= 0.3 is 0 Å². The fourth-order valence-corrected chi connectivity index (χ4v) is 1.17. The Balaban J connectivity index is 0.000000461. The smallest absolute Gasteiger partial charge is 0.116 e. The van der Waals surface area contributed by atoms with Crippen molar-refractivity contribution < 1.29 is 0 Å². The van der Waals surface area contributed by atoms with Crippen LogP contribution >= 0.6 is 0 Å². The lowest BCUT2D eigenvalue weighted by Crippen LogP contribution is -1.90. The van der Waals surface area contributed by atoms with Crippen LogP contribution in [0.2, 0.25) is 0 Å². The van der Waals surface area contributed by atoms with Crippen LogP contribution in [0.1, 0.15) is 25.1 Å². The first kappa shape index (κ1) is 10.6. The third-order valence-electron chi connectivity index (χ3n) is 1.80. The van der Waals surface area contributed by atoms with E-state index in [2.05, 4.69) is 15.0 Å². The molecule has 0 spiro atoms. The van der Waals surface area contributed by atoms with Crippen LogP contribution < -0.4 is 0 Å². The Morgan fingerprint density at radius 2 is 1.71 bits per heavy atom. The van der Waals surface area contributed by atoms with Gasteiger partial charge in [-0.25, -0.2) is 9.97 Å². The van der Waals surface area contributed by atoms with Crippen molar-refractivity contribution in [1.82, 2.24) is 15.0 Å². The van der Waals surface area contributed by atoms with Gasteiger partial charge in [0.15, 0.2) is 0 Å². The molecule has 2 aromatic heterocycles. The molecule has 0 bridgehead atoms. The van der Waals surface area contributed by atoms with Gasteiger partial charge in [-0.3, -0.25) is 4.98 Å². The Morgan fingerprint density at radius 3 is 2.43 bits per heavy atom. The maximum atomic E-state index is 4.26. The first-order chi connectivity index (χ1) is 6.77. The van der Waals surface area contributed by atoms with Crippen LogP contribution in [0.5, 0.6) is 0 Å². The van der Waals surface area contributed by atoms with Gasteiger partial charge < -0.3 is 0 Å². The number of rotatable bonds is 0. The molecule has 74 valence electrons. The van der Waals surface area contributed by atoms with Crippen molar-refractivity contribution in [2.45, 2.75) is 27.7 Å². The van der Waals surface area contributed by atoms with Gasteiger partial charge in [0.25, 0.3) is 0 Å². The molecule has 0 aliphatic rings. The maximum Gasteiger partial charge on any atom is 0.116 e. The van der Waals surface area contributed by atoms with E-state index in [1.54, 1.807) is 6.33 Å². The van der Waals surface area contributed by atoms with Crippen LogP contribution in [0, 0.1) is 13.8 Å². The molecule has 14 heavy (non-hydrogen) atoms. The van der Waals surface area contributed by atoms with Crippen molar-refractivity contribution >= 4 is 11.0 Å². The highest BCUT2D eigenvalue weighted by Crippen LogP contribution is 2.11. The Kier molecular flexibility index (Phi) is 3.51. The number of aryl methyl sites for hydroxylation is 2. The molecule has 2 rings (SSSR count). The second-order valence-electron chi connectivity index (χ2n) is 2.84. The maximum absolute atomic E-state index is 4.26. The summed E-state index contributed by atoms with van der Waals surface area (Å²) in [5.74, 6) is 0. The number of fused-ring (bicyclic) bond motifs is 1. The average molecular weight is 189 g/mol. The largest absolute Gasteiger partial charge is 0.252 e. The van der Waals surface area contributed by atoms with E-state index in [0.29, 0.717) is 0 Å². The van der Waals surface area contributed by atoms with Gasteiger partial charge in [0.2, 0.25) is 0 Å². The lowest BCUT2D eigenvalue weighted by Gasteiger charge is -1.98. The van der Waals surface area contributed by atoms with Crippen molar-refractivity contribution in [3.05, 3.63) is 29.8 Å². The van der Waals surface area contributed by atoms with Crippen LogP contribution in [-0.2, 0) is 0 Å². The first-order valence-corrected chi connectivity index (χ1v) is 4.81. The highest BCUT2D eigenvalue weighted by atomic mass is 14.9. The second-order valence-corrected chi connectivity index (χ2v) is 2.84. The van der Waals surface area contributed by atoms with E-state index in [4.69, 9.17) is 0 Å². The molecule has 0 saturated heterocycles. The zero-order valence-electron chi connectivity index (χ0n) is 9.07. The molecule has 0 aliphatic heterocycles. The predicted octanol–water partition coefficient (Wildman–Crippen LogP) is 2.67. The summed E-state index contributed by atoms with van der Waals surface area (Å²) in [6.07, 6.45) is 3.40. The predicted molar refractivity (Wildman–Crippen MR) is 58.2 cm³/mol. The Bertz CT molecular complexity index is 424. The summed E-state index contributed by atoms with van der Waals surface area (Å²) < 4.78 is 0. The zero-order valence-corrected chi connectivity index (χ0v) is 9.07. The van der Waals surface area contributed by atoms with E-state index in [1.165, 1.54) is 0 Å². The summed E-state index contributed by atoms with van der Waals surface area (Å²) in [5.41, 5.74) is 3.87. The molecular formula is C11H15N3. The van der Waals surface area contributed by atoms with Crippen LogP contribution in [-0.4, -0.2) is 15.0 Å². The topological polar surface area (TPSA) is 38.7 Å². The molecule has 0 N–H and O–H groups in total. The first-order valence-electron chi connectivity index (χ1n) is 4.81. The second kappa shape index (κ2) is 4.65. The summed E-state index contributed by atoms with van der Waals surface area (Å²) in [6.45, 7) is 7.94. The van der Waals surface area contributed by atoms with Crippen molar-refractivity contribution in [3.8, 4) is 0 Å². The van der Waals surface area contributed by atoms with Crippen LogP contribution in [0.3, 0.4) is 0 Å². The van der Waals surface area contributed by atoms with Crippen LogP contribution in [0.25, 0.3) is 11.0 Å². The number of nitrogens with zero attached hydrogens (tertiary/aromatic N) is 3. The molecule has 0 fully saturated rings. The van der Waals surface area contributed by atoms with E-state index in [-0.39, 0.29) is 0 Å². The summed E-state index contributed by atoms with van der Waals surface area (Å²) in [6, 6.07) is 2.01. The Hall–Kier alpha value is -1.51. The SMILES string of the molecule is CC.Cc1cnc2c(C)ncnc2c1. The molecule has 0 aromatic carbocycles. The van der Waals surface area contributed by atoms with Gasteiger partial charge in [-0.1, -0.05) is 13.8 Å². The number of hydrogen-bond acceptors (Lipinski definition) is 3. The molecule has 2 heterocycles. The molecule has 0 unspecified atom stereocenters. The van der Waals surface area contributed by atoms with Crippen LogP contribution in [0.4, 0.5) is 0 Å². The molecule has 2 aromatic rings. The lowest BCUT2D eigenvalue weighted by atomic mass is 10.2. The Morgan fingerprint density at radius 1 is 1.00 bits per heavy atom. The van der Waals surface area contributed by atoms with Crippen molar-refractivity contribution in [2.24, 2.45) is 0 Å². The van der Waals surface area contributed by atoms with Gasteiger partial charge in [-0.2, -0.15) is 0 Å². The standard InChI is InChI=1S/C9H9N3.C2H6/c1-6-3-8-9(10-4-6)7(2)11-5-12-8;1-2/h3-5H,1-2H3;1-2H3.